The van der Waals surface area contributed by atoms with Gasteiger partial charge >= 0.3 is 0 Å². The first-order chi connectivity index (χ1) is 19.9. The molecule has 6 atom stereocenters. The lowest BCUT2D eigenvalue weighted by Crippen LogP contribution is -2.47. The van der Waals surface area contributed by atoms with Gasteiger partial charge in [-0.25, -0.2) is 0 Å². The van der Waals surface area contributed by atoms with Gasteiger partial charge in [0.15, 0.2) is 23.7 Å². The zero-order valence-electron chi connectivity index (χ0n) is 21.4. The predicted molar refractivity (Wildman–Crippen MR) is 138 cm³/mol. The lowest BCUT2D eigenvalue weighted by Gasteiger charge is -2.32. The molecule has 0 saturated heterocycles. The number of fused-ring (bicyclic) bond motifs is 5. The Morgan fingerprint density at radius 3 is 1.88 bits per heavy atom. The van der Waals surface area contributed by atoms with Crippen LogP contribution in [-0.4, -0.2) is 75.8 Å². The Hall–Kier alpha value is -4.85. The zero-order valence-corrected chi connectivity index (χ0v) is 21.4. The molecule has 4 aliphatic rings. The molecule has 0 aromatic heterocycles. The van der Waals surface area contributed by atoms with Crippen LogP contribution in [0.4, 0.5) is 0 Å². The fourth-order valence-corrected chi connectivity index (χ4v) is 6.27. The van der Waals surface area contributed by atoms with Crippen molar-refractivity contribution in [2.75, 3.05) is 0 Å². The molecule has 0 bridgehead atoms. The van der Waals surface area contributed by atoms with E-state index < -0.39 is 59.2 Å². The third-order valence-corrected chi connectivity index (χ3v) is 8.22. The summed E-state index contributed by atoms with van der Waals surface area (Å²) < 4.78 is 17.3. The van der Waals surface area contributed by atoms with Crippen LogP contribution in [0.3, 0.4) is 0 Å². The highest BCUT2D eigenvalue weighted by Gasteiger charge is 2.62. The average molecular weight is 580 g/mol. The number of carbonyl (C=O) groups is 1. The Morgan fingerprint density at radius 1 is 0.738 bits per heavy atom. The number of benzene rings is 3. The van der Waals surface area contributed by atoms with Crippen LogP contribution in [0.2, 0.25) is 0 Å². The van der Waals surface area contributed by atoms with Gasteiger partial charge in [0.05, 0.1) is 18.1 Å². The molecule has 0 radical (unpaired) electrons. The number of aromatic hydroxyl groups is 6. The Labute approximate surface area is 235 Å². The minimum absolute atomic E-state index is 0.00835. The molecule has 7 rings (SSSR count). The van der Waals surface area contributed by atoms with Gasteiger partial charge in [-0.3, -0.25) is 4.79 Å². The summed E-state index contributed by atoms with van der Waals surface area (Å²) in [5.41, 5.74) is 0.305. The van der Waals surface area contributed by atoms with Crippen molar-refractivity contribution in [2.45, 2.75) is 49.0 Å². The fraction of sp³-hybridized carbons (Fsp3) is 0.276. The maximum atomic E-state index is 13.6. The van der Waals surface area contributed by atoms with Crippen molar-refractivity contribution < 1.29 is 65.0 Å². The van der Waals surface area contributed by atoms with E-state index in [0.29, 0.717) is 0 Å². The topological polar surface area (TPSA) is 227 Å². The highest BCUT2D eigenvalue weighted by Crippen LogP contribution is 2.59. The largest absolute Gasteiger partial charge is 0.508 e. The summed E-state index contributed by atoms with van der Waals surface area (Å²) in [4.78, 5) is 13.6. The van der Waals surface area contributed by atoms with Crippen molar-refractivity contribution in [3.05, 3.63) is 64.2 Å². The maximum absolute atomic E-state index is 13.6. The molecule has 3 heterocycles. The van der Waals surface area contributed by atoms with E-state index in [0.717, 1.165) is 18.2 Å². The zero-order chi connectivity index (χ0) is 29.8. The summed E-state index contributed by atoms with van der Waals surface area (Å²) in [7, 11) is 0. The molecule has 0 fully saturated rings. The molecule has 0 amide bonds. The van der Waals surface area contributed by atoms with Gasteiger partial charge in [-0.1, -0.05) is 6.08 Å². The van der Waals surface area contributed by atoms with E-state index in [9.17, 15) is 50.8 Å². The minimum Gasteiger partial charge on any atom is -0.508 e. The molecule has 218 valence electrons. The van der Waals surface area contributed by atoms with E-state index in [1.54, 1.807) is 0 Å². The highest BCUT2D eigenvalue weighted by atomic mass is 16.6. The molecule has 3 aromatic rings. The van der Waals surface area contributed by atoms with E-state index in [4.69, 9.17) is 14.2 Å². The first-order valence-corrected chi connectivity index (χ1v) is 12.9. The summed E-state index contributed by atoms with van der Waals surface area (Å²) in [5, 5.41) is 94.7. The number of ether oxygens (including phenoxy) is 3. The molecule has 13 nitrogen and oxygen atoms in total. The van der Waals surface area contributed by atoms with E-state index in [2.05, 4.69) is 0 Å². The molecule has 1 aliphatic carbocycles. The van der Waals surface area contributed by atoms with Crippen LogP contribution >= 0.6 is 0 Å². The third-order valence-electron chi connectivity index (χ3n) is 8.22. The summed E-state index contributed by atoms with van der Waals surface area (Å²) in [6.45, 7) is 0. The van der Waals surface area contributed by atoms with Crippen LogP contribution in [-0.2, 0) is 17.6 Å². The number of ketones is 1. The molecule has 13 heteroatoms. The smallest absolute Gasteiger partial charge is 0.283 e. The highest BCUT2D eigenvalue weighted by molar-refractivity contribution is 6.07. The quantitative estimate of drug-likeness (QED) is 0.193. The number of Topliss-reactive ketones (excluding diaryl/α,β-unsaturated/α-hetero) is 1. The summed E-state index contributed by atoms with van der Waals surface area (Å²) >= 11 is 0. The van der Waals surface area contributed by atoms with Crippen LogP contribution in [0.25, 0.3) is 0 Å². The molecule has 0 spiro atoms. The lowest BCUT2D eigenvalue weighted by atomic mass is 9.85. The molecule has 9 N–H and O–H groups in total. The van der Waals surface area contributed by atoms with Crippen molar-refractivity contribution >= 4 is 5.78 Å². The second-order valence-corrected chi connectivity index (χ2v) is 10.8. The number of hydrogen-bond acceptors (Lipinski definition) is 13. The number of carbonyl (C=O) groups excluding carboxylic acids is 1. The molecule has 0 saturated carbocycles. The monoisotopic (exact) mass is 580 g/mol. The normalized spacial score (nSPS) is 28.9. The number of rotatable bonds is 2. The van der Waals surface area contributed by atoms with E-state index in [1.165, 1.54) is 18.2 Å². The number of phenols is 6. The van der Waals surface area contributed by atoms with Crippen LogP contribution in [0.1, 0.15) is 34.3 Å². The van der Waals surface area contributed by atoms with Crippen LogP contribution in [0.15, 0.2) is 42.0 Å². The van der Waals surface area contributed by atoms with Gasteiger partial charge in [-0.05, 0) is 6.07 Å². The first kappa shape index (κ1) is 26.1. The van der Waals surface area contributed by atoms with Crippen LogP contribution < -0.4 is 14.2 Å². The molecule has 3 aromatic carbocycles. The van der Waals surface area contributed by atoms with Gasteiger partial charge < -0.3 is 60.2 Å². The van der Waals surface area contributed by atoms with Gasteiger partial charge in [-0.15, -0.1) is 0 Å². The van der Waals surface area contributed by atoms with Crippen molar-refractivity contribution in [1.82, 2.24) is 0 Å². The summed E-state index contributed by atoms with van der Waals surface area (Å²) in [6.07, 6.45) is -4.26. The molecule has 3 aliphatic heterocycles. The van der Waals surface area contributed by atoms with Crippen LogP contribution in [0, 0.1) is 0 Å². The Kier molecular flexibility index (Phi) is 5.33. The van der Waals surface area contributed by atoms with Gasteiger partial charge in [0, 0.05) is 64.9 Å². The number of aliphatic hydroxyl groups excluding tert-OH is 2. The second kappa shape index (κ2) is 8.58. The van der Waals surface area contributed by atoms with Crippen molar-refractivity contribution in [3.63, 3.8) is 0 Å². The Morgan fingerprint density at radius 2 is 1.29 bits per heavy atom. The fourth-order valence-electron chi connectivity index (χ4n) is 6.27. The van der Waals surface area contributed by atoms with Gasteiger partial charge in [0.25, 0.3) is 5.79 Å². The molecular weight excluding hydrogens is 556 g/mol. The maximum Gasteiger partial charge on any atom is 0.283 e. The van der Waals surface area contributed by atoms with Crippen molar-refractivity contribution in [1.29, 1.82) is 0 Å². The molecule has 2 unspecified atom stereocenters. The van der Waals surface area contributed by atoms with Gasteiger partial charge in [0.1, 0.15) is 34.5 Å². The third kappa shape index (κ3) is 3.50. The van der Waals surface area contributed by atoms with Crippen molar-refractivity contribution in [3.8, 4) is 51.7 Å². The van der Waals surface area contributed by atoms with Gasteiger partial charge in [-0.2, -0.15) is 0 Å². The SMILES string of the molecule is O=C1C([C@H]2Oc3cc(O)cc(O)c3C[C@H]2O)=CC2c3c([C@H]4Oc5cc(O)cc(O)c5C[C@H]4O)cc(O)c(O)c3OC12O. The second-order valence-electron chi connectivity index (χ2n) is 10.8. The van der Waals surface area contributed by atoms with Crippen molar-refractivity contribution in [2.24, 2.45) is 0 Å². The molecule has 42 heavy (non-hydrogen) atoms. The van der Waals surface area contributed by atoms with E-state index >= 15 is 0 Å². The predicted octanol–water partition coefficient (Wildman–Crippen LogP) is 0.996. The number of phenolic OH excluding ortho intramolecular Hbond substituents is 6. The first-order valence-electron chi connectivity index (χ1n) is 12.9. The molecular formula is C29H24O13. The van der Waals surface area contributed by atoms with Gasteiger partial charge in [0.2, 0.25) is 11.5 Å². The number of aliphatic hydroxyl groups is 3. The number of hydrogen-bond donors (Lipinski definition) is 9. The standard InChI is InChI=1S/C29H24O13/c30-9-1-16(32)11-6-19(35)25(40-21(11)3-9)13-8-18(34)24(37)27-23(13)15-5-14(28(38)29(15,39)42-27)26-20(36)7-12-17(33)2-10(31)4-22(12)41-26/h1-5,8,15,19-20,25-26,30-37,39H,6-7H2/t15?,19-,20-,25-,26-,29?/m1/s1. The average Bonchev–Trinajstić information content (AvgIpc) is 3.35. The lowest BCUT2D eigenvalue weighted by molar-refractivity contribution is -0.164. The van der Waals surface area contributed by atoms with E-state index in [-0.39, 0.29) is 75.2 Å². The minimum atomic E-state index is -2.63. The van der Waals surface area contributed by atoms with E-state index in [1.807, 2.05) is 0 Å². The van der Waals surface area contributed by atoms with Crippen LogP contribution in [0.5, 0.6) is 51.7 Å². The Balaban J connectivity index is 1.32. The Bertz CT molecular complexity index is 1730. The summed E-state index contributed by atoms with van der Waals surface area (Å²) in [6, 6.07) is 5.71. The summed E-state index contributed by atoms with van der Waals surface area (Å²) in [5.74, 6) is -8.00.